The van der Waals surface area contributed by atoms with Crippen LogP contribution in [0.4, 0.5) is 0 Å². The molecule has 1 unspecified atom stereocenters. The topological polar surface area (TPSA) is 74.6 Å². The molecular formula is C14H29O4P. The van der Waals surface area contributed by atoms with Gasteiger partial charge in [0.1, 0.15) is 6.16 Å². The van der Waals surface area contributed by atoms with Crippen molar-refractivity contribution in [3.63, 3.8) is 0 Å². The van der Waals surface area contributed by atoms with Gasteiger partial charge in [0.05, 0.1) is 0 Å². The third kappa shape index (κ3) is 13.9. The van der Waals surface area contributed by atoms with E-state index in [1.165, 1.54) is 44.9 Å². The van der Waals surface area contributed by atoms with Gasteiger partial charge in [-0.25, -0.2) is 0 Å². The van der Waals surface area contributed by atoms with Crippen LogP contribution in [-0.4, -0.2) is 28.3 Å². The first-order valence-corrected chi connectivity index (χ1v) is 9.53. The Labute approximate surface area is 117 Å². The summed E-state index contributed by atoms with van der Waals surface area (Å²) in [4.78, 5) is 19.7. The van der Waals surface area contributed by atoms with E-state index in [0.29, 0.717) is 6.42 Å². The lowest BCUT2D eigenvalue weighted by Gasteiger charge is -2.08. The van der Waals surface area contributed by atoms with Crippen molar-refractivity contribution < 1.29 is 19.4 Å². The van der Waals surface area contributed by atoms with Crippen molar-refractivity contribution in [1.29, 1.82) is 0 Å². The minimum atomic E-state index is -3.42. The zero-order chi connectivity index (χ0) is 14.6. The van der Waals surface area contributed by atoms with Crippen molar-refractivity contribution in [1.82, 2.24) is 0 Å². The van der Waals surface area contributed by atoms with E-state index < -0.39 is 19.5 Å². The molecule has 0 aliphatic carbocycles. The fraction of sp³-hybridized carbons (Fsp3) is 0.929. The van der Waals surface area contributed by atoms with Crippen LogP contribution in [0.5, 0.6) is 0 Å². The largest absolute Gasteiger partial charge is 0.481 e. The fourth-order valence-corrected chi connectivity index (χ4v) is 3.44. The van der Waals surface area contributed by atoms with Crippen molar-refractivity contribution in [3.8, 4) is 0 Å². The van der Waals surface area contributed by atoms with E-state index in [9.17, 15) is 14.3 Å². The lowest BCUT2D eigenvalue weighted by Crippen LogP contribution is -2.05. The molecule has 0 saturated carbocycles. The Morgan fingerprint density at radius 1 is 0.895 bits per heavy atom. The molecular weight excluding hydrogens is 263 g/mol. The summed E-state index contributed by atoms with van der Waals surface area (Å²) in [6.45, 7) is 2.21. The lowest BCUT2D eigenvalue weighted by molar-refractivity contribution is -0.134. The summed E-state index contributed by atoms with van der Waals surface area (Å²) in [5, 5.41) is 8.48. The Hall–Kier alpha value is -0.340. The molecule has 0 aromatic rings. The van der Waals surface area contributed by atoms with Gasteiger partial charge in [0.25, 0.3) is 0 Å². The molecule has 0 radical (unpaired) electrons. The Morgan fingerprint density at radius 2 is 1.32 bits per heavy atom. The van der Waals surface area contributed by atoms with Crippen LogP contribution in [0, 0.1) is 0 Å². The van der Waals surface area contributed by atoms with Crippen LogP contribution in [-0.2, 0) is 9.36 Å². The zero-order valence-electron chi connectivity index (χ0n) is 12.1. The lowest BCUT2D eigenvalue weighted by atomic mass is 10.1. The first kappa shape index (κ1) is 18.7. The summed E-state index contributed by atoms with van der Waals surface area (Å²) in [7, 11) is -3.42. The molecule has 0 amide bonds. The summed E-state index contributed by atoms with van der Waals surface area (Å²) in [6.07, 6.45) is 11.2. The van der Waals surface area contributed by atoms with E-state index in [1.54, 1.807) is 0 Å². The molecule has 5 heteroatoms. The number of rotatable bonds is 13. The van der Waals surface area contributed by atoms with Gasteiger partial charge in [-0.15, -0.1) is 0 Å². The van der Waals surface area contributed by atoms with E-state index in [2.05, 4.69) is 6.92 Å². The van der Waals surface area contributed by atoms with E-state index in [0.717, 1.165) is 12.8 Å². The maximum atomic E-state index is 11.4. The zero-order valence-corrected chi connectivity index (χ0v) is 13.0. The second-order valence-corrected chi connectivity index (χ2v) is 7.76. The monoisotopic (exact) mass is 292 g/mol. The number of carboxylic acid groups (broad SMARTS) is 1. The van der Waals surface area contributed by atoms with Crippen molar-refractivity contribution in [2.75, 3.05) is 12.3 Å². The average molecular weight is 292 g/mol. The molecule has 0 aromatic carbocycles. The average Bonchev–Trinajstić information content (AvgIpc) is 2.30. The number of carboxylic acids is 1. The second-order valence-electron chi connectivity index (χ2n) is 5.30. The van der Waals surface area contributed by atoms with Gasteiger partial charge in [-0.05, 0) is 6.42 Å². The standard InChI is InChI=1S/C14H29O4P/c1-2-3-4-5-6-7-8-9-10-11-12-19(17,18)13-14(15)16/h2-13H2,1H3,(H,15,16)(H,17,18). The molecule has 0 fully saturated rings. The van der Waals surface area contributed by atoms with Crippen molar-refractivity contribution in [2.24, 2.45) is 0 Å². The molecule has 0 aliphatic heterocycles. The van der Waals surface area contributed by atoms with Gasteiger partial charge in [-0.3, -0.25) is 9.36 Å². The first-order valence-electron chi connectivity index (χ1n) is 7.50. The van der Waals surface area contributed by atoms with Crippen molar-refractivity contribution >= 4 is 13.3 Å². The van der Waals surface area contributed by atoms with Gasteiger partial charge in [0, 0.05) is 6.16 Å². The molecule has 0 aliphatic rings. The Bertz CT molecular complexity index is 279. The van der Waals surface area contributed by atoms with Crippen molar-refractivity contribution in [2.45, 2.75) is 71.1 Å². The first-order chi connectivity index (χ1) is 8.98. The number of carbonyl (C=O) groups is 1. The quantitative estimate of drug-likeness (QED) is 0.393. The van der Waals surface area contributed by atoms with Gasteiger partial charge < -0.3 is 10.00 Å². The normalized spacial score (nSPS) is 14.2. The number of hydrogen-bond donors (Lipinski definition) is 2. The van der Waals surface area contributed by atoms with E-state index >= 15 is 0 Å². The predicted octanol–water partition coefficient (Wildman–Crippen LogP) is 4.26. The Kier molecular flexibility index (Phi) is 11.3. The summed E-state index contributed by atoms with van der Waals surface area (Å²) < 4.78 is 11.4. The highest BCUT2D eigenvalue weighted by Gasteiger charge is 2.21. The van der Waals surface area contributed by atoms with Crippen LogP contribution >= 0.6 is 7.37 Å². The third-order valence-electron chi connectivity index (χ3n) is 3.24. The third-order valence-corrected chi connectivity index (χ3v) is 5.02. The maximum Gasteiger partial charge on any atom is 0.313 e. The van der Waals surface area contributed by atoms with Crippen LogP contribution in [0.15, 0.2) is 0 Å². The molecule has 0 aromatic heterocycles. The van der Waals surface area contributed by atoms with Crippen LogP contribution in [0.1, 0.15) is 71.1 Å². The number of hydrogen-bond acceptors (Lipinski definition) is 2. The van der Waals surface area contributed by atoms with Gasteiger partial charge >= 0.3 is 5.97 Å². The number of unbranched alkanes of at least 4 members (excludes halogenated alkanes) is 9. The highest BCUT2D eigenvalue weighted by molar-refractivity contribution is 7.58. The summed E-state index contributed by atoms with van der Waals surface area (Å²) in [6, 6.07) is 0. The van der Waals surface area contributed by atoms with Crippen LogP contribution in [0.2, 0.25) is 0 Å². The van der Waals surface area contributed by atoms with E-state index in [-0.39, 0.29) is 6.16 Å². The van der Waals surface area contributed by atoms with Crippen LogP contribution in [0.3, 0.4) is 0 Å². The number of aliphatic carboxylic acids is 1. The molecule has 0 saturated heterocycles. The van der Waals surface area contributed by atoms with Crippen LogP contribution in [0.25, 0.3) is 0 Å². The van der Waals surface area contributed by atoms with Crippen molar-refractivity contribution in [3.05, 3.63) is 0 Å². The molecule has 0 bridgehead atoms. The van der Waals surface area contributed by atoms with Gasteiger partial charge in [0.2, 0.25) is 7.37 Å². The molecule has 2 N–H and O–H groups in total. The molecule has 1 atom stereocenters. The second kappa shape index (κ2) is 11.5. The maximum absolute atomic E-state index is 11.4. The van der Waals surface area contributed by atoms with Gasteiger partial charge in [-0.1, -0.05) is 64.7 Å². The molecule has 0 heterocycles. The van der Waals surface area contributed by atoms with Crippen LogP contribution < -0.4 is 0 Å². The summed E-state index contributed by atoms with van der Waals surface area (Å²) >= 11 is 0. The van der Waals surface area contributed by atoms with Gasteiger partial charge in [-0.2, -0.15) is 0 Å². The SMILES string of the molecule is CCCCCCCCCCCCP(=O)(O)CC(=O)O. The fourth-order valence-electron chi connectivity index (χ4n) is 2.14. The summed E-state index contributed by atoms with van der Waals surface area (Å²) in [5.74, 6) is -1.18. The Morgan fingerprint density at radius 3 is 1.74 bits per heavy atom. The minimum absolute atomic E-state index is 0.149. The summed E-state index contributed by atoms with van der Waals surface area (Å²) in [5.41, 5.74) is 0. The molecule has 0 spiro atoms. The highest BCUT2D eigenvalue weighted by Crippen LogP contribution is 2.41. The molecule has 114 valence electrons. The minimum Gasteiger partial charge on any atom is -0.481 e. The van der Waals surface area contributed by atoms with E-state index in [4.69, 9.17) is 5.11 Å². The van der Waals surface area contributed by atoms with E-state index in [1.807, 2.05) is 0 Å². The van der Waals surface area contributed by atoms with Gasteiger partial charge in [0.15, 0.2) is 0 Å². The highest BCUT2D eigenvalue weighted by atomic mass is 31.2. The Balaban J connectivity index is 3.31. The molecule has 19 heavy (non-hydrogen) atoms. The molecule has 0 rings (SSSR count). The molecule has 4 nitrogen and oxygen atoms in total. The smallest absolute Gasteiger partial charge is 0.313 e. The predicted molar refractivity (Wildman–Crippen MR) is 79.0 cm³/mol.